The molecule has 1 aromatic heterocycles. The van der Waals surface area contributed by atoms with E-state index in [1.54, 1.807) is 50.4 Å². The molecular formula is C70H98N15O12S3-. The molecule has 0 aliphatic carbocycles. The summed E-state index contributed by atoms with van der Waals surface area (Å²) >= 11 is 5.90. The fourth-order valence-electron chi connectivity index (χ4n) is 10.7. The van der Waals surface area contributed by atoms with E-state index < -0.39 is 120 Å². The molecule has 0 saturated carbocycles. The van der Waals surface area contributed by atoms with Gasteiger partial charge in [-0.05, 0) is 146 Å². The van der Waals surface area contributed by atoms with Gasteiger partial charge < -0.3 is 100 Å². The quantitative estimate of drug-likeness (QED) is 0.00817. The highest BCUT2D eigenvalue weighted by Gasteiger charge is 2.37. The third-order valence-corrected chi connectivity index (χ3v) is 20.3. The Morgan fingerprint density at radius 2 is 1.26 bits per heavy atom. The number of hydrogen-bond donors (Lipinski definition) is 17. The first-order valence-corrected chi connectivity index (χ1v) is 36.2. The molecule has 0 spiro atoms. The second-order valence-electron chi connectivity index (χ2n) is 26.2. The molecule has 30 heteroatoms. The summed E-state index contributed by atoms with van der Waals surface area (Å²) in [6.45, 7) is 14.2. The Bertz CT molecular complexity index is 3530. The number of aliphatic hydroxyl groups is 3. The molecule has 1 aliphatic heterocycles. The molecule has 18 N–H and O–H groups in total. The minimum Gasteiger partial charge on any atom is -0.792 e. The molecule has 1 aliphatic rings. The summed E-state index contributed by atoms with van der Waals surface area (Å²) in [5.41, 5.74) is 9.71. The number of carbonyl (C=O) groups is 7. The zero-order valence-electron chi connectivity index (χ0n) is 57.8. The Morgan fingerprint density at radius 1 is 0.690 bits per heavy atom. The fourth-order valence-corrected chi connectivity index (χ4v) is 13.3. The van der Waals surface area contributed by atoms with Crippen LogP contribution in [0.3, 0.4) is 0 Å². The summed E-state index contributed by atoms with van der Waals surface area (Å²) < 4.78 is 0. The average Bonchev–Trinajstić information content (AvgIpc) is 1.62. The van der Waals surface area contributed by atoms with Crippen molar-refractivity contribution in [2.45, 2.75) is 172 Å². The lowest BCUT2D eigenvalue weighted by Gasteiger charge is -2.32. The van der Waals surface area contributed by atoms with Crippen LogP contribution in [0.5, 0.6) is 0 Å². The first-order chi connectivity index (χ1) is 47.6. The summed E-state index contributed by atoms with van der Waals surface area (Å²) in [6, 6.07) is 21.6. The molecule has 100 heavy (non-hydrogen) atoms. The summed E-state index contributed by atoms with van der Waals surface area (Å²) in [4.78, 5) is 107. The number of nitrogens with one attached hydrogen (secondary N) is 12. The van der Waals surface area contributed by atoms with Crippen molar-refractivity contribution in [2.75, 3.05) is 43.1 Å². The third kappa shape index (κ3) is 25.1. The Hall–Kier alpha value is -8.20. The molecule has 11 atom stereocenters. The van der Waals surface area contributed by atoms with Crippen LogP contribution < -0.4 is 64.2 Å². The van der Waals surface area contributed by atoms with Crippen LogP contribution in [0.1, 0.15) is 96.9 Å². The van der Waals surface area contributed by atoms with E-state index in [4.69, 9.17) is 18.0 Å². The summed E-state index contributed by atoms with van der Waals surface area (Å²) in [5.74, 6) is -6.40. The minimum atomic E-state index is -1.71. The minimum absolute atomic E-state index is 0.000549. The number of oxime groups is 1. The lowest BCUT2D eigenvalue weighted by molar-refractivity contribution is -0.136. The van der Waals surface area contributed by atoms with Gasteiger partial charge in [0.1, 0.15) is 42.3 Å². The number of aromatic amines is 1. The highest BCUT2D eigenvalue weighted by Crippen LogP contribution is 2.25. The topological polar surface area (TPSA) is 422 Å². The van der Waals surface area contributed by atoms with Crippen molar-refractivity contribution in [3.8, 4) is 0 Å². The van der Waals surface area contributed by atoms with E-state index in [1.165, 1.54) is 13.8 Å². The van der Waals surface area contributed by atoms with Crippen LogP contribution in [-0.2, 0) is 59.2 Å². The molecule has 1 fully saturated rings. The number of nitrogens with two attached hydrogens (primary N) is 1. The van der Waals surface area contributed by atoms with Gasteiger partial charge >= 0.3 is 0 Å². The third-order valence-electron chi connectivity index (χ3n) is 17.6. The zero-order chi connectivity index (χ0) is 73.1. The van der Waals surface area contributed by atoms with Crippen LogP contribution in [0.2, 0.25) is 0 Å². The first kappa shape index (κ1) is 80.8. The van der Waals surface area contributed by atoms with Gasteiger partial charge in [0.2, 0.25) is 41.4 Å². The lowest BCUT2D eigenvalue weighted by Crippen LogP contribution is -2.62. The maximum atomic E-state index is 15.3. The van der Waals surface area contributed by atoms with E-state index in [-0.39, 0.29) is 54.8 Å². The van der Waals surface area contributed by atoms with Crippen molar-refractivity contribution in [1.29, 1.82) is 0 Å². The van der Waals surface area contributed by atoms with Crippen LogP contribution in [0, 0.1) is 11.1 Å². The van der Waals surface area contributed by atoms with E-state index in [0.29, 0.717) is 60.6 Å². The van der Waals surface area contributed by atoms with Crippen molar-refractivity contribution < 1.29 is 54.1 Å². The molecule has 11 unspecified atom stereocenters. The number of anilines is 1. The standard InChI is InChI=1S/C70H99N15O12S3/c1-41(87)57(38-86)79-66(94)59-40-100-99-39-58(80-63(91)55(33-46-21-13-10-14-22-46)82-68(98)75-50-28-26-47(27-29-50)31-48(35-73-69(5,6)43(3)84-96)36-74-70(7,8)44(4)85-97)65(93)77-54(32-45-19-11-9-12-20-45)62(90)78-56(34-49-37-72-52-24-16-15-23-51(49)52)64(92)76-53(25-17-18-30-71)61(89)83-60(42(2)88)67(95)81-59/h9-16,19-24,26-29,37,41-42,48,53-60,72-74,86-88,96-97H,17-18,25,30-36,38-40,71H2,1-8H3,(H,76,92)(H,77,93)(H,78,90)(H,79,94)(H,80,91)(H,81,95)(H,83,89)(H2,75,82,98)/p-1/b84-43+,85-44+. The molecule has 7 amide bonds. The largest absolute Gasteiger partial charge is 0.792 e. The molecular weight excluding hydrogens is 1340 g/mol. The van der Waals surface area contributed by atoms with E-state index in [0.717, 1.165) is 43.6 Å². The number of unbranched alkanes of at least 4 members (excludes halogenated alkanes) is 1. The lowest BCUT2D eigenvalue weighted by atomic mass is 9.93. The van der Waals surface area contributed by atoms with Crippen molar-refractivity contribution in [3.63, 3.8) is 0 Å². The van der Waals surface area contributed by atoms with E-state index in [1.807, 2.05) is 107 Å². The fraction of sp³-hybridized carbons (Fsp3) is 0.486. The van der Waals surface area contributed by atoms with Crippen molar-refractivity contribution >= 4 is 108 Å². The van der Waals surface area contributed by atoms with Gasteiger partial charge in [-0.2, -0.15) is 0 Å². The number of benzene rings is 4. The summed E-state index contributed by atoms with van der Waals surface area (Å²) in [5, 5.41) is 92.6. The van der Waals surface area contributed by atoms with Crippen LogP contribution >= 0.6 is 33.8 Å². The van der Waals surface area contributed by atoms with Crippen LogP contribution in [0.15, 0.2) is 126 Å². The normalized spacial score (nSPS) is 20.6. The van der Waals surface area contributed by atoms with Gasteiger partial charge in [0.05, 0.1) is 41.6 Å². The number of fused-ring (bicyclic) bond motifs is 1. The number of aliphatic hydroxyl groups excluding tert-OH is 3. The van der Waals surface area contributed by atoms with Crippen LogP contribution in [0.4, 0.5) is 5.69 Å². The van der Waals surface area contributed by atoms with E-state index in [9.17, 15) is 44.9 Å². The van der Waals surface area contributed by atoms with Gasteiger partial charge in [-0.25, -0.2) is 0 Å². The molecule has 1 saturated heterocycles. The number of hydrogen-bond acceptors (Lipinski definition) is 20. The van der Waals surface area contributed by atoms with Gasteiger partial charge in [0, 0.05) is 72.4 Å². The summed E-state index contributed by atoms with van der Waals surface area (Å²) in [6.07, 6.45) is 0.0595. The Morgan fingerprint density at radius 3 is 1.87 bits per heavy atom. The first-order valence-electron chi connectivity index (χ1n) is 33.4. The van der Waals surface area contributed by atoms with Gasteiger partial charge in [0.15, 0.2) is 5.11 Å². The van der Waals surface area contributed by atoms with Crippen LogP contribution in [-0.4, -0.2) is 193 Å². The Kier molecular flexibility index (Phi) is 32.1. The number of nitrogens with zero attached hydrogens (tertiary/aromatic N) is 2. The number of aromatic nitrogens is 1. The number of thiocarbonyl (C=S) groups is 1. The van der Waals surface area contributed by atoms with Crippen LogP contribution in [0.25, 0.3) is 10.9 Å². The van der Waals surface area contributed by atoms with Crippen molar-refractivity contribution in [2.24, 2.45) is 22.0 Å². The number of H-pyrrole nitrogens is 1. The second kappa shape index (κ2) is 39.7. The molecule has 544 valence electrons. The monoisotopic (exact) mass is 1440 g/mol. The van der Waals surface area contributed by atoms with Gasteiger partial charge in [0.25, 0.3) is 0 Å². The maximum Gasteiger partial charge on any atom is 0.245 e. The zero-order valence-corrected chi connectivity index (χ0v) is 60.2. The SMILES string of the molecule is C/C(=N\[O-])C(C)(C)NCC(CNC(C)(C)/C(C)=N/O)Cc1ccc(NC(=S)NC(Cc2ccccc2)C(=O)NC2CSSCC(C(=O)NC(CO)C(C)O)NC(=O)C(C(C)O)NC(=O)C(CCCCN)NC(=O)C(Cc3c[nH]c4ccccc34)NC(=O)C(Cc3ccccc3)NC2=O)cc1. The van der Waals surface area contributed by atoms with Gasteiger partial charge in [-0.3, -0.25) is 33.6 Å². The van der Waals surface area contributed by atoms with Crippen molar-refractivity contribution in [1.82, 2.24) is 58.2 Å². The number of rotatable bonds is 29. The van der Waals surface area contributed by atoms with Gasteiger partial charge in [-0.15, -0.1) is 0 Å². The number of carbonyl (C=O) groups excluding carboxylic acids is 7. The predicted octanol–water partition coefficient (Wildman–Crippen LogP) is 2.93. The highest BCUT2D eigenvalue weighted by atomic mass is 33.1. The molecule has 0 bridgehead atoms. The van der Waals surface area contributed by atoms with Gasteiger partial charge in [-0.1, -0.05) is 118 Å². The van der Waals surface area contributed by atoms with E-state index >= 15 is 14.4 Å². The molecule has 5 aromatic rings. The number of amides is 7. The molecule has 6 rings (SSSR count). The Labute approximate surface area is 597 Å². The molecule has 4 aromatic carbocycles. The molecule has 0 radical (unpaired) electrons. The smallest absolute Gasteiger partial charge is 0.245 e. The Balaban J connectivity index is 1.36. The maximum absolute atomic E-state index is 15.3. The predicted molar refractivity (Wildman–Crippen MR) is 396 cm³/mol. The second-order valence-corrected chi connectivity index (χ2v) is 29.1. The molecule has 27 nitrogen and oxygen atoms in total. The number of para-hydroxylation sites is 1. The van der Waals surface area contributed by atoms with E-state index in [2.05, 4.69) is 73.8 Å². The average molecular weight is 1440 g/mol. The summed E-state index contributed by atoms with van der Waals surface area (Å²) in [7, 11) is 2.01. The highest BCUT2D eigenvalue weighted by molar-refractivity contribution is 8.76. The molecule has 2 heterocycles. The van der Waals surface area contributed by atoms with Crippen molar-refractivity contribution in [3.05, 3.63) is 143 Å².